The number of hydrogen-bond acceptors (Lipinski definition) is 2. The Morgan fingerprint density at radius 3 is 2.46 bits per heavy atom. The van der Waals surface area contributed by atoms with Gasteiger partial charge in [-0.15, -0.1) is 0 Å². The molecule has 5 heteroatoms. The first kappa shape index (κ1) is 18.1. The second kappa shape index (κ2) is 6.90. The zero-order valence-electron chi connectivity index (χ0n) is 15.9. The number of fused-ring (bicyclic) bond motifs is 1. The Morgan fingerprint density at radius 2 is 1.85 bits per heavy atom. The van der Waals surface area contributed by atoms with Gasteiger partial charge in [0, 0.05) is 30.2 Å². The molecule has 26 heavy (non-hydrogen) atoms. The van der Waals surface area contributed by atoms with Gasteiger partial charge in [0.2, 0.25) is 5.91 Å². The highest BCUT2D eigenvalue weighted by Crippen LogP contribution is 2.32. The Morgan fingerprint density at radius 1 is 1.19 bits per heavy atom. The first-order valence-electron chi connectivity index (χ1n) is 8.77. The first-order valence-corrected chi connectivity index (χ1v) is 8.77. The summed E-state index contributed by atoms with van der Waals surface area (Å²) in [6, 6.07) is 8.21. The van der Waals surface area contributed by atoms with Crippen LogP contribution in [0, 0.1) is 25.6 Å². The second-order valence-corrected chi connectivity index (χ2v) is 7.00. The molecule has 3 aromatic rings. The van der Waals surface area contributed by atoms with Gasteiger partial charge in [-0.1, -0.05) is 26.0 Å². The monoisotopic (exact) mass is 353 g/mol. The molecule has 4 nitrogen and oxygen atoms in total. The van der Waals surface area contributed by atoms with Gasteiger partial charge in [0.05, 0.1) is 12.1 Å². The molecule has 0 atom stereocenters. The van der Waals surface area contributed by atoms with E-state index in [1.807, 2.05) is 27.0 Å². The maximum atomic E-state index is 13.2. The molecule has 3 rings (SSSR count). The summed E-state index contributed by atoms with van der Waals surface area (Å²) in [5.41, 5.74) is 4.18. The van der Waals surface area contributed by atoms with E-state index in [2.05, 4.69) is 23.4 Å². The average Bonchev–Trinajstić information content (AvgIpc) is 2.85. The van der Waals surface area contributed by atoms with Crippen LogP contribution in [0.3, 0.4) is 0 Å². The van der Waals surface area contributed by atoms with Gasteiger partial charge < -0.3 is 4.57 Å². The molecular weight excluding hydrogens is 329 g/mol. The van der Waals surface area contributed by atoms with Crippen molar-refractivity contribution in [3.05, 3.63) is 59.2 Å². The standard InChI is InChI=1S/C21H24FN3O/c1-13(2)21(26)25(12-16-6-8-17(22)9-7-16)20-19-14(3)15(4)24(5)18(19)10-11-23-20/h6-11,13H,12H2,1-5H3. The van der Waals surface area contributed by atoms with Crippen molar-refractivity contribution in [2.75, 3.05) is 4.90 Å². The summed E-state index contributed by atoms with van der Waals surface area (Å²) in [6.45, 7) is 8.23. The summed E-state index contributed by atoms with van der Waals surface area (Å²) < 4.78 is 15.4. The van der Waals surface area contributed by atoms with Crippen LogP contribution in [0.25, 0.3) is 10.9 Å². The van der Waals surface area contributed by atoms with Gasteiger partial charge in [0.1, 0.15) is 11.6 Å². The number of benzene rings is 1. The molecule has 0 spiro atoms. The molecule has 0 fully saturated rings. The molecule has 2 aromatic heterocycles. The number of aromatic nitrogens is 2. The third-order valence-corrected chi connectivity index (χ3v) is 4.96. The van der Waals surface area contributed by atoms with Crippen molar-refractivity contribution in [3.8, 4) is 0 Å². The highest BCUT2D eigenvalue weighted by atomic mass is 19.1. The molecule has 0 bridgehead atoms. The number of anilines is 1. The molecule has 136 valence electrons. The van der Waals surface area contributed by atoms with Crippen molar-refractivity contribution in [1.82, 2.24) is 9.55 Å². The van der Waals surface area contributed by atoms with Crippen LogP contribution in [-0.2, 0) is 18.4 Å². The lowest BCUT2D eigenvalue weighted by atomic mass is 10.1. The Balaban J connectivity index is 2.16. The molecule has 1 amide bonds. The number of amides is 1. The summed E-state index contributed by atoms with van der Waals surface area (Å²) in [5, 5.41) is 0.989. The van der Waals surface area contributed by atoms with Gasteiger partial charge in [-0.25, -0.2) is 9.37 Å². The zero-order valence-corrected chi connectivity index (χ0v) is 15.9. The number of rotatable bonds is 4. The zero-order chi connectivity index (χ0) is 19.0. The van der Waals surface area contributed by atoms with Gasteiger partial charge in [0.25, 0.3) is 0 Å². The Kier molecular flexibility index (Phi) is 4.81. The third-order valence-electron chi connectivity index (χ3n) is 4.96. The lowest BCUT2D eigenvalue weighted by molar-refractivity contribution is -0.121. The van der Waals surface area contributed by atoms with Crippen molar-refractivity contribution in [2.24, 2.45) is 13.0 Å². The number of carbonyl (C=O) groups is 1. The summed E-state index contributed by atoms with van der Waals surface area (Å²) in [4.78, 5) is 19.2. The fourth-order valence-corrected chi connectivity index (χ4v) is 3.24. The second-order valence-electron chi connectivity index (χ2n) is 7.00. The number of hydrogen-bond donors (Lipinski definition) is 0. The van der Waals surface area contributed by atoms with Crippen molar-refractivity contribution in [3.63, 3.8) is 0 Å². The Hall–Kier alpha value is -2.69. The predicted molar refractivity (Wildman–Crippen MR) is 103 cm³/mol. The van der Waals surface area contributed by atoms with Crippen LogP contribution < -0.4 is 4.90 Å². The van der Waals surface area contributed by atoms with E-state index in [4.69, 9.17) is 0 Å². The van der Waals surface area contributed by atoms with Gasteiger partial charge in [-0.2, -0.15) is 0 Å². The van der Waals surface area contributed by atoms with Gasteiger partial charge in [-0.3, -0.25) is 9.69 Å². The molecule has 1 aromatic carbocycles. The van der Waals surface area contributed by atoms with Crippen LogP contribution in [0.1, 0.15) is 30.7 Å². The predicted octanol–water partition coefficient (Wildman–Crippen LogP) is 4.52. The van der Waals surface area contributed by atoms with E-state index in [-0.39, 0.29) is 17.6 Å². The molecule has 0 aliphatic rings. The molecule has 0 saturated heterocycles. The van der Waals surface area contributed by atoms with E-state index in [1.165, 1.54) is 12.1 Å². The Bertz CT molecular complexity index is 958. The summed E-state index contributed by atoms with van der Waals surface area (Å²) >= 11 is 0. The summed E-state index contributed by atoms with van der Waals surface area (Å²) in [7, 11) is 2.02. The van der Waals surface area contributed by atoms with Gasteiger partial charge in [-0.05, 0) is 43.2 Å². The molecule has 0 aliphatic carbocycles. The smallest absolute Gasteiger partial charge is 0.231 e. The average molecular weight is 353 g/mol. The van der Waals surface area contributed by atoms with Crippen LogP contribution in [0.4, 0.5) is 10.2 Å². The van der Waals surface area contributed by atoms with E-state index in [1.54, 1.807) is 23.2 Å². The molecule has 0 N–H and O–H groups in total. The normalized spacial score (nSPS) is 11.3. The number of pyridine rings is 1. The van der Waals surface area contributed by atoms with Crippen LogP contribution in [0.5, 0.6) is 0 Å². The van der Waals surface area contributed by atoms with E-state index in [9.17, 15) is 9.18 Å². The van der Waals surface area contributed by atoms with Crippen LogP contribution >= 0.6 is 0 Å². The highest BCUT2D eigenvalue weighted by molar-refractivity contribution is 6.03. The lowest BCUT2D eigenvalue weighted by Crippen LogP contribution is -2.34. The topological polar surface area (TPSA) is 38.1 Å². The van der Waals surface area contributed by atoms with E-state index in [0.717, 1.165) is 27.7 Å². The molecule has 0 saturated carbocycles. The minimum atomic E-state index is -0.287. The van der Waals surface area contributed by atoms with Crippen molar-refractivity contribution in [2.45, 2.75) is 34.2 Å². The molecular formula is C21H24FN3O. The highest BCUT2D eigenvalue weighted by Gasteiger charge is 2.24. The van der Waals surface area contributed by atoms with Crippen LogP contribution in [0.2, 0.25) is 0 Å². The minimum Gasteiger partial charge on any atom is -0.348 e. The SMILES string of the molecule is Cc1c(C)n(C)c2ccnc(N(Cc3ccc(F)cc3)C(=O)C(C)C)c12. The number of carbonyl (C=O) groups excluding carboxylic acids is 1. The number of aryl methyl sites for hydroxylation is 2. The van der Waals surface area contributed by atoms with Gasteiger partial charge in [0.15, 0.2) is 0 Å². The quantitative estimate of drug-likeness (QED) is 0.692. The molecule has 0 unspecified atom stereocenters. The largest absolute Gasteiger partial charge is 0.348 e. The minimum absolute atomic E-state index is 0.00442. The fraction of sp³-hybridized carbons (Fsp3) is 0.333. The lowest BCUT2D eigenvalue weighted by Gasteiger charge is -2.25. The van der Waals surface area contributed by atoms with Crippen LogP contribution in [0.15, 0.2) is 36.5 Å². The number of nitrogens with zero attached hydrogens (tertiary/aromatic N) is 3. The van der Waals surface area contributed by atoms with E-state index < -0.39 is 0 Å². The fourth-order valence-electron chi connectivity index (χ4n) is 3.24. The third kappa shape index (κ3) is 3.09. The van der Waals surface area contributed by atoms with Crippen molar-refractivity contribution >= 4 is 22.6 Å². The summed E-state index contributed by atoms with van der Waals surface area (Å²) in [5.74, 6) is 0.199. The van der Waals surface area contributed by atoms with E-state index >= 15 is 0 Å². The van der Waals surface area contributed by atoms with Crippen molar-refractivity contribution in [1.29, 1.82) is 0 Å². The molecule has 2 heterocycles. The molecule has 0 aliphatic heterocycles. The van der Waals surface area contributed by atoms with Gasteiger partial charge >= 0.3 is 0 Å². The summed E-state index contributed by atoms with van der Waals surface area (Å²) in [6.07, 6.45) is 1.74. The van der Waals surface area contributed by atoms with Crippen LogP contribution in [-0.4, -0.2) is 15.5 Å². The van der Waals surface area contributed by atoms with E-state index in [0.29, 0.717) is 12.4 Å². The maximum absolute atomic E-state index is 13.2. The number of halogens is 1. The maximum Gasteiger partial charge on any atom is 0.231 e. The van der Waals surface area contributed by atoms with Crippen molar-refractivity contribution < 1.29 is 9.18 Å². The molecule has 0 radical (unpaired) electrons. The first-order chi connectivity index (χ1) is 12.3. The Labute approximate surface area is 153 Å².